The number of carbonyl (C=O) groups is 2. The maximum Gasteiger partial charge on any atom is 0.308 e. The maximum atomic E-state index is 12.1. The summed E-state index contributed by atoms with van der Waals surface area (Å²) in [5.41, 5.74) is 0.158. The molecule has 1 unspecified atom stereocenters. The van der Waals surface area contributed by atoms with Crippen LogP contribution in [-0.4, -0.2) is 38.2 Å². The molecule has 25 heavy (non-hydrogen) atoms. The van der Waals surface area contributed by atoms with E-state index in [0.29, 0.717) is 12.8 Å². The standard InChI is InChI=1S/C16H18N4O5/c1-2-5-11(16(22)23)10-17-15(21)12-8-9-19(18-12)13-6-3-4-7-14(13)20(24)25/h3-4,6-9,11H,2,5,10H2,1H3,(H,17,21)(H,22,23). The van der Waals surface area contributed by atoms with Crippen LogP contribution in [0.25, 0.3) is 5.69 Å². The van der Waals surface area contributed by atoms with Gasteiger partial charge >= 0.3 is 5.97 Å². The van der Waals surface area contributed by atoms with Crippen molar-refractivity contribution in [3.8, 4) is 5.69 Å². The fraction of sp³-hybridized carbons (Fsp3) is 0.312. The van der Waals surface area contributed by atoms with Gasteiger partial charge in [0.25, 0.3) is 11.6 Å². The second-order valence-electron chi connectivity index (χ2n) is 5.43. The lowest BCUT2D eigenvalue weighted by Crippen LogP contribution is -2.33. The van der Waals surface area contributed by atoms with Crippen LogP contribution >= 0.6 is 0 Å². The van der Waals surface area contributed by atoms with Crippen LogP contribution in [0.1, 0.15) is 30.3 Å². The summed E-state index contributed by atoms with van der Waals surface area (Å²) in [6.45, 7) is 1.87. The Labute approximate surface area is 143 Å². The van der Waals surface area contributed by atoms with E-state index < -0.39 is 22.7 Å². The van der Waals surface area contributed by atoms with Crippen LogP contribution < -0.4 is 5.32 Å². The number of carbonyl (C=O) groups excluding carboxylic acids is 1. The molecule has 9 heteroatoms. The van der Waals surface area contributed by atoms with Crippen molar-refractivity contribution >= 4 is 17.6 Å². The molecule has 2 aromatic rings. The maximum absolute atomic E-state index is 12.1. The van der Waals surface area contributed by atoms with Gasteiger partial charge in [-0.3, -0.25) is 19.7 Å². The summed E-state index contributed by atoms with van der Waals surface area (Å²) in [6.07, 6.45) is 2.59. The molecule has 9 nitrogen and oxygen atoms in total. The highest BCUT2D eigenvalue weighted by molar-refractivity contribution is 5.92. The lowest BCUT2D eigenvalue weighted by Gasteiger charge is -2.11. The molecule has 0 saturated carbocycles. The van der Waals surface area contributed by atoms with Gasteiger partial charge in [-0.2, -0.15) is 5.10 Å². The van der Waals surface area contributed by atoms with E-state index in [4.69, 9.17) is 5.11 Å². The smallest absolute Gasteiger partial charge is 0.308 e. The quantitative estimate of drug-likeness (QED) is 0.556. The Morgan fingerprint density at radius 2 is 2.08 bits per heavy atom. The Morgan fingerprint density at radius 1 is 1.36 bits per heavy atom. The Balaban J connectivity index is 2.12. The van der Waals surface area contributed by atoms with Crippen LogP contribution in [0.2, 0.25) is 0 Å². The Bertz CT molecular complexity index is 786. The molecular weight excluding hydrogens is 328 g/mol. The van der Waals surface area contributed by atoms with Gasteiger partial charge in [0.1, 0.15) is 5.69 Å². The van der Waals surface area contributed by atoms with Crippen LogP contribution in [-0.2, 0) is 4.79 Å². The molecule has 1 atom stereocenters. The van der Waals surface area contributed by atoms with E-state index in [1.54, 1.807) is 12.1 Å². The molecule has 0 radical (unpaired) electrons. The zero-order valence-electron chi connectivity index (χ0n) is 13.6. The summed E-state index contributed by atoms with van der Waals surface area (Å²) in [7, 11) is 0. The predicted octanol–water partition coefficient (Wildman–Crippen LogP) is 2.01. The highest BCUT2D eigenvalue weighted by atomic mass is 16.6. The Morgan fingerprint density at radius 3 is 2.72 bits per heavy atom. The van der Waals surface area contributed by atoms with Crippen LogP contribution in [0.5, 0.6) is 0 Å². The van der Waals surface area contributed by atoms with E-state index in [2.05, 4.69) is 10.4 Å². The number of nitrogens with one attached hydrogen (secondary N) is 1. The van der Waals surface area contributed by atoms with E-state index >= 15 is 0 Å². The molecule has 1 aromatic carbocycles. The SMILES string of the molecule is CCCC(CNC(=O)c1ccn(-c2ccccc2[N+](=O)[O-])n1)C(=O)O. The lowest BCUT2D eigenvalue weighted by atomic mass is 10.0. The fourth-order valence-electron chi connectivity index (χ4n) is 2.36. The zero-order valence-corrected chi connectivity index (χ0v) is 13.6. The van der Waals surface area contributed by atoms with Gasteiger partial charge in [0.05, 0.1) is 10.8 Å². The molecule has 0 aliphatic carbocycles. The van der Waals surface area contributed by atoms with Crippen molar-refractivity contribution in [1.82, 2.24) is 15.1 Å². The molecule has 1 heterocycles. The van der Waals surface area contributed by atoms with Crippen LogP contribution in [0, 0.1) is 16.0 Å². The number of rotatable bonds is 8. The number of carboxylic acid groups (broad SMARTS) is 1. The fourth-order valence-corrected chi connectivity index (χ4v) is 2.36. The first-order valence-corrected chi connectivity index (χ1v) is 7.74. The molecular formula is C16H18N4O5. The zero-order chi connectivity index (χ0) is 18.4. The number of nitrogens with zero attached hydrogens (tertiary/aromatic N) is 3. The summed E-state index contributed by atoms with van der Waals surface area (Å²) < 4.78 is 1.24. The minimum Gasteiger partial charge on any atom is -0.481 e. The molecule has 0 bridgehead atoms. The number of carboxylic acids is 1. The third kappa shape index (κ3) is 4.40. The number of benzene rings is 1. The summed E-state index contributed by atoms with van der Waals surface area (Å²) in [6, 6.07) is 7.46. The number of para-hydroxylation sites is 2. The number of hydrogen-bond donors (Lipinski definition) is 2. The average Bonchev–Trinajstić information content (AvgIpc) is 3.08. The van der Waals surface area contributed by atoms with E-state index in [-0.39, 0.29) is 23.6 Å². The first-order valence-electron chi connectivity index (χ1n) is 7.74. The monoisotopic (exact) mass is 346 g/mol. The van der Waals surface area contributed by atoms with Crippen LogP contribution in [0.15, 0.2) is 36.5 Å². The molecule has 2 rings (SSSR count). The Hall–Kier alpha value is -3.23. The minimum atomic E-state index is -0.965. The highest BCUT2D eigenvalue weighted by Crippen LogP contribution is 2.21. The summed E-state index contributed by atoms with van der Waals surface area (Å²) >= 11 is 0. The van der Waals surface area contributed by atoms with Crippen molar-refractivity contribution in [3.05, 3.63) is 52.3 Å². The van der Waals surface area contributed by atoms with Crippen molar-refractivity contribution in [1.29, 1.82) is 0 Å². The Kier molecular flexibility index (Phi) is 5.83. The summed E-state index contributed by atoms with van der Waals surface area (Å²) in [4.78, 5) is 33.8. The van der Waals surface area contributed by atoms with E-state index in [1.165, 1.54) is 29.1 Å². The molecule has 0 saturated heterocycles. The molecule has 2 N–H and O–H groups in total. The lowest BCUT2D eigenvalue weighted by molar-refractivity contribution is -0.384. The molecule has 0 fully saturated rings. The van der Waals surface area contributed by atoms with Gasteiger partial charge < -0.3 is 10.4 Å². The van der Waals surface area contributed by atoms with Crippen molar-refractivity contribution in [2.75, 3.05) is 6.54 Å². The van der Waals surface area contributed by atoms with Gasteiger partial charge in [0, 0.05) is 18.8 Å². The van der Waals surface area contributed by atoms with E-state index in [1.807, 2.05) is 6.92 Å². The van der Waals surface area contributed by atoms with Crippen molar-refractivity contribution in [3.63, 3.8) is 0 Å². The second-order valence-corrected chi connectivity index (χ2v) is 5.43. The number of nitro benzene ring substituents is 1. The number of hydrogen-bond acceptors (Lipinski definition) is 5. The van der Waals surface area contributed by atoms with Crippen molar-refractivity contribution < 1.29 is 19.6 Å². The largest absolute Gasteiger partial charge is 0.481 e. The predicted molar refractivity (Wildman–Crippen MR) is 88.6 cm³/mol. The first-order chi connectivity index (χ1) is 11.9. The van der Waals surface area contributed by atoms with Crippen LogP contribution in [0.4, 0.5) is 5.69 Å². The van der Waals surface area contributed by atoms with Gasteiger partial charge in [-0.25, -0.2) is 4.68 Å². The van der Waals surface area contributed by atoms with Crippen molar-refractivity contribution in [2.45, 2.75) is 19.8 Å². The average molecular weight is 346 g/mol. The van der Waals surface area contributed by atoms with E-state index in [0.717, 1.165) is 0 Å². The van der Waals surface area contributed by atoms with Gasteiger partial charge in [-0.15, -0.1) is 0 Å². The number of amides is 1. The third-order valence-corrected chi connectivity index (χ3v) is 3.64. The van der Waals surface area contributed by atoms with Crippen molar-refractivity contribution in [2.24, 2.45) is 5.92 Å². The summed E-state index contributed by atoms with van der Waals surface area (Å²) in [5, 5.41) is 26.7. The summed E-state index contributed by atoms with van der Waals surface area (Å²) in [5.74, 6) is -2.15. The molecule has 0 spiro atoms. The third-order valence-electron chi connectivity index (χ3n) is 3.64. The first kappa shape index (κ1) is 18.1. The number of nitro groups is 1. The highest BCUT2D eigenvalue weighted by Gasteiger charge is 2.20. The second kappa shape index (κ2) is 8.04. The number of aliphatic carboxylic acids is 1. The topological polar surface area (TPSA) is 127 Å². The molecule has 132 valence electrons. The van der Waals surface area contributed by atoms with Gasteiger partial charge in [0.15, 0.2) is 5.69 Å². The number of aromatic nitrogens is 2. The molecule has 1 amide bonds. The van der Waals surface area contributed by atoms with E-state index in [9.17, 15) is 19.7 Å². The van der Waals surface area contributed by atoms with Gasteiger partial charge in [-0.1, -0.05) is 25.5 Å². The van der Waals surface area contributed by atoms with Gasteiger partial charge in [0.2, 0.25) is 0 Å². The van der Waals surface area contributed by atoms with Crippen LogP contribution in [0.3, 0.4) is 0 Å². The molecule has 1 aromatic heterocycles. The molecule has 0 aliphatic heterocycles. The van der Waals surface area contributed by atoms with Gasteiger partial charge in [-0.05, 0) is 18.6 Å². The minimum absolute atomic E-state index is 0.000349. The molecule has 0 aliphatic rings. The normalized spacial score (nSPS) is 11.7.